The van der Waals surface area contributed by atoms with Crippen molar-refractivity contribution in [2.45, 2.75) is 30.1 Å². The minimum atomic E-state index is -3.26. The van der Waals surface area contributed by atoms with Crippen LogP contribution >= 0.6 is 11.3 Å². The normalized spacial score (nSPS) is 30.8. The lowest BCUT2D eigenvalue weighted by Gasteiger charge is -2.27. The highest BCUT2D eigenvalue weighted by Gasteiger charge is 2.49. The van der Waals surface area contributed by atoms with E-state index in [9.17, 15) is 13.5 Å². The Morgan fingerprint density at radius 3 is 2.88 bits per heavy atom. The summed E-state index contributed by atoms with van der Waals surface area (Å²) in [7, 11) is -3.26. The number of rotatable bonds is 2. The van der Waals surface area contributed by atoms with Gasteiger partial charge in [-0.1, -0.05) is 11.3 Å². The van der Waals surface area contributed by atoms with Gasteiger partial charge in [-0.25, -0.2) is 13.4 Å². The van der Waals surface area contributed by atoms with Crippen LogP contribution in [0.2, 0.25) is 0 Å². The minimum Gasteiger partial charge on any atom is -0.383 e. The topological polar surface area (TPSA) is 93.3 Å². The van der Waals surface area contributed by atoms with Crippen LogP contribution in [0.15, 0.2) is 6.20 Å². The molecule has 1 aromatic heterocycles. The van der Waals surface area contributed by atoms with Crippen LogP contribution in [0.1, 0.15) is 24.1 Å². The smallest absolute Gasteiger partial charge is 0.180 e. The summed E-state index contributed by atoms with van der Waals surface area (Å²) < 4.78 is 23.2. The van der Waals surface area contributed by atoms with E-state index in [0.717, 1.165) is 11.3 Å². The van der Waals surface area contributed by atoms with Crippen LogP contribution in [-0.2, 0) is 15.4 Å². The fraction of sp³-hybridized carbons (Fsp3) is 0.667. The number of nitrogen functional groups attached to an aromatic ring is 1. The third-order valence-corrected chi connectivity index (χ3v) is 5.68. The standard InChI is InChI=1S/C9H14N2O3S2/c1-16(13,14)7-3-2-4-9(7,12)6-5-11-8(10)15-6/h5,7,12H,2-4H2,1H3,(H2,10,11). The number of anilines is 1. The van der Waals surface area contributed by atoms with Crippen LogP contribution in [0.25, 0.3) is 0 Å². The molecule has 1 aliphatic carbocycles. The summed E-state index contributed by atoms with van der Waals surface area (Å²) in [5.41, 5.74) is 4.20. The molecule has 2 rings (SSSR count). The quantitative estimate of drug-likeness (QED) is 0.810. The van der Waals surface area contributed by atoms with Crippen LogP contribution in [-0.4, -0.2) is 30.0 Å². The van der Waals surface area contributed by atoms with Crippen molar-refractivity contribution >= 4 is 26.3 Å². The number of aromatic nitrogens is 1. The summed E-state index contributed by atoms with van der Waals surface area (Å²) in [6, 6.07) is 0. The summed E-state index contributed by atoms with van der Waals surface area (Å²) in [5, 5.41) is 10.1. The first-order valence-corrected chi connectivity index (χ1v) is 7.74. The van der Waals surface area contributed by atoms with Crippen molar-refractivity contribution in [2.24, 2.45) is 0 Å². The van der Waals surface area contributed by atoms with Gasteiger partial charge in [0, 0.05) is 12.5 Å². The zero-order valence-corrected chi connectivity index (χ0v) is 10.5. The molecule has 2 atom stereocenters. The second kappa shape index (κ2) is 3.68. The van der Waals surface area contributed by atoms with Crippen molar-refractivity contribution in [3.63, 3.8) is 0 Å². The predicted octanol–water partition coefficient (Wildman–Crippen LogP) is 0.510. The Bertz CT molecular complexity index is 497. The van der Waals surface area contributed by atoms with Gasteiger partial charge in [-0.3, -0.25) is 0 Å². The van der Waals surface area contributed by atoms with E-state index >= 15 is 0 Å². The van der Waals surface area contributed by atoms with Crippen LogP contribution < -0.4 is 5.73 Å². The van der Waals surface area contributed by atoms with E-state index in [0.29, 0.717) is 29.3 Å². The number of nitrogens with two attached hydrogens (primary N) is 1. The predicted molar refractivity (Wildman–Crippen MR) is 62.9 cm³/mol. The van der Waals surface area contributed by atoms with Crippen LogP contribution in [0, 0.1) is 0 Å². The molecule has 1 fully saturated rings. The fourth-order valence-corrected chi connectivity index (χ4v) is 4.77. The van der Waals surface area contributed by atoms with Gasteiger partial charge in [-0.05, 0) is 19.3 Å². The summed E-state index contributed by atoms with van der Waals surface area (Å²) in [4.78, 5) is 4.42. The van der Waals surface area contributed by atoms with E-state index in [1.165, 1.54) is 12.5 Å². The van der Waals surface area contributed by atoms with Crippen LogP contribution in [0.5, 0.6) is 0 Å². The third kappa shape index (κ3) is 1.83. The van der Waals surface area contributed by atoms with Gasteiger partial charge < -0.3 is 10.8 Å². The van der Waals surface area contributed by atoms with E-state index in [-0.39, 0.29) is 0 Å². The second-order valence-corrected chi connectivity index (χ2v) is 7.49. The molecule has 16 heavy (non-hydrogen) atoms. The van der Waals surface area contributed by atoms with Crippen molar-refractivity contribution in [1.82, 2.24) is 4.98 Å². The molecule has 0 bridgehead atoms. The summed E-state index contributed by atoms with van der Waals surface area (Å²) in [6.45, 7) is 0. The molecule has 0 aromatic carbocycles. The Morgan fingerprint density at radius 2 is 2.38 bits per heavy atom. The number of nitrogens with zero attached hydrogens (tertiary/aromatic N) is 1. The van der Waals surface area contributed by atoms with Gasteiger partial charge in [0.2, 0.25) is 0 Å². The number of aliphatic hydroxyl groups is 1. The molecule has 5 nitrogen and oxygen atoms in total. The molecule has 7 heteroatoms. The van der Waals surface area contributed by atoms with Crippen LogP contribution in [0.4, 0.5) is 5.13 Å². The van der Waals surface area contributed by atoms with E-state index in [1.54, 1.807) is 0 Å². The first kappa shape index (κ1) is 11.8. The molecule has 0 spiro atoms. The molecule has 0 radical (unpaired) electrons. The molecule has 3 N–H and O–H groups in total. The summed E-state index contributed by atoms with van der Waals surface area (Å²) >= 11 is 1.16. The molecule has 1 aromatic rings. The lowest BCUT2D eigenvalue weighted by molar-refractivity contribution is 0.0513. The van der Waals surface area contributed by atoms with Crippen LogP contribution in [0.3, 0.4) is 0 Å². The molecule has 1 saturated carbocycles. The molecule has 0 amide bonds. The van der Waals surface area contributed by atoms with Gasteiger partial charge in [0.25, 0.3) is 0 Å². The first-order chi connectivity index (χ1) is 7.34. The van der Waals surface area contributed by atoms with Gasteiger partial charge in [-0.15, -0.1) is 0 Å². The molecule has 0 saturated heterocycles. The largest absolute Gasteiger partial charge is 0.383 e. The Kier molecular flexibility index (Phi) is 2.72. The summed E-state index contributed by atoms with van der Waals surface area (Å²) in [6.07, 6.45) is 4.29. The lowest BCUT2D eigenvalue weighted by Crippen LogP contribution is -2.39. The number of hydrogen-bond acceptors (Lipinski definition) is 6. The van der Waals surface area contributed by atoms with E-state index < -0.39 is 20.7 Å². The maximum absolute atomic E-state index is 11.6. The van der Waals surface area contributed by atoms with Crippen molar-refractivity contribution < 1.29 is 13.5 Å². The Morgan fingerprint density at radius 1 is 1.69 bits per heavy atom. The van der Waals surface area contributed by atoms with Gasteiger partial charge in [-0.2, -0.15) is 0 Å². The zero-order chi connectivity index (χ0) is 12.0. The lowest BCUT2D eigenvalue weighted by atomic mass is 10.0. The fourth-order valence-electron chi connectivity index (χ4n) is 2.29. The molecule has 2 unspecified atom stereocenters. The van der Waals surface area contributed by atoms with Gasteiger partial charge in [0.1, 0.15) is 5.60 Å². The number of thiazole rings is 1. The molecular weight excluding hydrogens is 248 g/mol. The zero-order valence-electron chi connectivity index (χ0n) is 8.88. The van der Waals surface area contributed by atoms with E-state index in [2.05, 4.69) is 4.98 Å². The van der Waals surface area contributed by atoms with Crippen molar-refractivity contribution in [2.75, 3.05) is 12.0 Å². The average molecular weight is 262 g/mol. The minimum absolute atomic E-state index is 0.350. The van der Waals surface area contributed by atoms with Gasteiger partial charge in [0.15, 0.2) is 15.0 Å². The van der Waals surface area contributed by atoms with E-state index in [4.69, 9.17) is 5.73 Å². The van der Waals surface area contributed by atoms with Crippen molar-refractivity contribution in [3.8, 4) is 0 Å². The van der Waals surface area contributed by atoms with Gasteiger partial charge >= 0.3 is 0 Å². The monoisotopic (exact) mass is 262 g/mol. The first-order valence-electron chi connectivity index (χ1n) is 4.97. The number of sulfone groups is 1. The molecule has 90 valence electrons. The van der Waals surface area contributed by atoms with Crippen molar-refractivity contribution in [1.29, 1.82) is 0 Å². The Hall–Kier alpha value is -0.660. The maximum Gasteiger partial charge on any atom is 0.180 e. The molecule has 0 aliphatic heterocycles. The Balaban J connectivity index is 2.44. The summed E-state index contributed by atoms with van der Waals surface area (Å²) in [5.74, 6) is 0. The second-order valence-electron chi connectivity index (χ2n) is 4.20. The highest BCUT2D eigenvalue weighted by atomic mass is 32.2. The third-order valence-electron chi connectivity index (χ3n) is 3.02. The molecule has 1 heterocycles. The Labute approximate surface area is 98.2 Å². The highest BCUT2D eigenvalue weighted by Crippen LogP contribution is 2.44. The molecular formula is C9H14N2O3S2. The highest BCUT2D eigenvalue weighted by molar-refractivity contribution is 7.91. The van der Waals surface area contributed by atoms with Gasteiger partial charge in [0.05, 0.1) is 10.1 Å². The molecule has 1 aliphatic rings. The maximum atomic E-state index is 11.6. The van der Waals surface area contributed by atoms with E-state index in [1.807, 2.05) is 0 Å². The van der Waals surface area contributed by atoms with Crippen molar-refractivity contribution in [3.05, 3.63) is 11.1 Å². The number of hydrogen-bond donors (Lipinski definition) is 2. The average Bonchev–Trinajstić information content (AvgIpc) is 2.71. The SMILES string of the molecule is CS(=O)(=O)C1CCCC1(O)c1cnc(N)s1.